The summed E-state index contributed by atoms with van der Waals surface area (Å²) in [6.45, 7) is 1.71. The van der Waals surface area contributed by atoms with Gasteiger partial charge in [0.05, 0.1) is 12.8 Å². The Kier molecular flexibility index (Phi) is 7.83. The van der Waals surface area contributed by atoms with E-state index >= 15 is 0 Å². The molecule has 8 nitrogen and oxygen atoms in total. The molecule has 0 aliphatic heterocycles. The van der Waals surface area contributed by atoms with Crippen molar-refractivity contribution in [3.63, 3.8) is 0 Å². The average molecular weight is 357 g/mol. The number of anilines is 2. The van der Waals surface area contributed by atoms with Crippen LogP contribution in [0.25, 0.3) is 0 Å². The summed E-state index contributed by atoms with van der Waals surface area (Å²) in [5.41, 5.74) is 1.01. The van der Waals surface area contributed by atoms with E-state index in [4.69, 9.17) is 4.74 Å². The van der Waals surface area contributed by atoms with Gasteiger partial charge in [0.1, 0.15) is 0 Å². The highest BCUT2D eigenvalue weighted by Crippen LogP contribution is 2.15. The highest BCUT2D eigenvalue weighted by molar-refractivity contribution is 7.88. The van der Waals surface area contributed by atoms with E-state index in [1.54, 1.807) is 24.3 Å². The second kappa shape index (κ2) is 9.36. The molecule has 0 atom stereocenters. The van der Waals surface area contributed by atoms with Gasteiger partial charge in [0, 0.05) is 38.6 Å². The summed E-state index contributed by atoms with van der Waals surface area (Å²) < 4.78 is 29.5. The summed E-state index contributed by atoms with van der Waals surface area (Å²) in [6.07, 6.45) is 1.55. The summed E-state index contributed by atoms with van der Waals surface area (Å²) >= 11 is 0. The molecule has 2 amide bonds. The molecular formula is C15H23N3O5S. The van der Waals surface area contributed by atoms with Gasteiger partial charge in [-0.3, -0.25) is 9.59 Å². The molecule has 1 aromatic rings. The number of nitrogens with zero attached hydrogens (tertiary/aromatic N) is 1. The van der Waals surface area contributed by atoms with E-state index < -0.39 is 15.9 Å². The number of carbonyl (C=O) groups excluding carboxylic acids is 2. The second-order valence-corrected chi connectivity index (χ2v) is 7.24. The lowest BCUT2D eigenvalue weighted by Crippen LogP contribution is -2.38. The Hall–Kier alpha value is -1.97. The molecule has 1 rings (SSSR count). The van der Waals surface area contributed by atoms with Gasteiger partial charge in [-0.1, -0.05) is 6.07 Å². The van der Waals surface area contributed by atoms with Crippen molar-refractivity contribution in [3.05, 3.63) is 24.3 Å². The number of nitrogens with one attached hydrogen (secondary N) is 2. The fourth-order valence-corrected chi connectivity index (χ4v) is 2.80. The van der Waals surface area contributed by atoms with E-state index in [9.17, 15) is 18.0 Å². The fraction of sp³-hybridized carbons (Fsp3) is 0.467. The Morgan fingerprint density at radius 3 is 2.38 bits per heavy atom. The lowest BCUT2D eigenvalue weighted by atomic mass is 10.2. The van der Waals surface area contributed by atoms with Gasteiger partial charge in [-0.2, -0.15) is 4.31 Å². The van der Waals surface area contributed by atoms with Crippen molar-refractivity contribution in [2.45, 2.75) is 13.3 Å². The molecule has 2 N–H and O–H groups in total. The molecule has 0 spiro atoms. The van der Waals surface area contributed by atoms with Crippen LogP contribution < -0.4 is 10.6 Å². The number of sulfonamides is 1. The second-order valence-electron chi connectivity index (χ2n) is 5.25. The Balaban J connectivity index is 2.70. The van der Waals surface area contributed by atoms with Crippen molar-refractivity contribution in [3.8, 4) is 0 Å². The number of ether oxygens (including phenoxy) is 1. The van der Waals surface area contributed by atoms with Crippen LogP contribution in [-0.4, -0.2) is 57.6 Å². The van der Waals surface area contributed by atoms with Crippen LogP contribution in [0.1, 0.15) is 13.3 Å². The molecule has 134 valence electrons. The van der Waals surface area contributed by atoms with Crippen molar-refractivity contribution in [2.75, 3.05) is 43.7 Å². The molecule has 0 saturated carbocycles. The first-order chi connectivity index (χ1) is 11.2. The zero-order valence-corrected chi connectivity index (χ0v) is 14.9. The zero-order valence-electron chi connectivity index (χ0n) is 14.0. The third-order valence-corrected chi connectivity index (χ3v) is 4.26. The lowest BCUT2D eigenvalue weighted by Gasteiger charge is -2.19. The van der Waals surface area contributed by atoms with E-state index in [0.29, 0.717) is 24.4 Å². The maximum absolute atomic E-state index is 12.1. The van der Waals surface area contributed by atoms with Gasteiger partial charge < -0.3 is 15.4 Å². The summed E-state index contributed by atoms with van der Waals surface area (Å²) in [5, 5.41) is 5.23. The number of amides is 2. The monoisotopic (exact) mass is 357 g/mol. The number of carbonyl (C=O) groups is 2. The maximum atomic E-state index is 12.1. The number of benzene rings is 1. The predicted molar refractivity (Wildman–Crippen MR) is 92.3 cm³/mol. The Labute approximate surface area is 142 Å². The van der Waals surface area contributed by atoms with Crippen LogP contribution in [0.15, 0.2) is 24.3 Å². The van der Waals surface area contributed by atoms with Gasteiger partial charge in [-0.05, 0) is 24.6 Å². The number of rotatable bonds is 9. The molecule has 0 aliphatic carbocycles. The first-order valence-corrected chi connectivity index (χ1v) is 9.19. The molecule has 0 heterocycles. The van der Waals surface area contributed by atoms with Crippen molar-refractivity contribution < 1.29 is 22.7 Å². The third-order valence-electron chi connectivity index (χ3n) is 3.01. The third kappa shape index (κ3) is 7.53. The number of hydrogen-bond donors (Lipinski definition) is 2. The smallest absolute Gasteiger partial charge is 0.239 e. The van der Waals surface area contributed by atoms with Crippen LogP contribution in [0, 0.1) is 0 Å². The van der Waals surface area contributed by atoms with Gasteiger partial charge in [-0.25, -0.2) is 8.42 Å². The normalized spacial score (nSPS) is 11.3. The molecule has 0 bridgehead atoms. The predicted octanol–water partition coefficient (Wildman–Crippen LogP) is 0.882. The molecular weight excluding hydrogens is 334 g/mol. The summed E-state index contributed by atoms with van der Waals surface area (Å²) in [6, 6.07) is 6.60. The first-order valence-electron chi connectivity index (χ1n) is 7.34. The van der Waals surface area contributed by atoms with Crippen LogP contribution >= 0.6 is 0 Å². The Bertz CT molecular complexity index is 675. The molecule has 9 heteroatoms. The van der Waals surface area contributed by atoms with Gasteiger partial charge in [0.15, 0.2) is 0 Å². The van der Waals surface area contributed by atoms with E-state index in [0.717, 1.165) is 10.6 Å². The molecule has 24 heavy (non-hydrogen) atoms. The minimum atomic E-state index is -3.50. The van der Waals surface area contributed by atoms with Gasteiger partial charge in [0.2, 0.25) is 21.8 Å². The van der Waals surface area contributed by atoms with Crippen molar-refractivity contribution in [1.29, 1.82) is 0 Å². The van der Waals surface area contributed by atoms with Gasteiger partial charge >= 0.3 is 0 Å². The summed E-state index contributed by atoms with van der Waals surface area (Å²) in [7, 11) is -1.97. The quantitative estimate of drug-likeness (QED) is 0.639. The molecule has 0 fully saturated rings. The van der Waals surface area contributed by atoms with Crippen LogP contribution in [0.2, 0.25) is 0 Å². The van der Waals surface area contributed by atoms with Crippen LogP contribution in [0.4, 0.5) is 11.4 Å². The lowest BCUT2D eigenvalue weighted by molar-refractivity contribution is -0.116. The summed E-state index contributed by atoms with van der Waals surface area (Å²) in [5.74, 6) is -0.683. The molecule has 0 unspecified atom stereocenters. The molecule has 0 aromatic heterocycles. The largest absolute Gasteiger partial charge is 0.385 e. The van der Waals surface area contributed by atoms with E-state index in [2.05, 4.69) is 10.6 Å². The molecule has 1 aromatic carbocycles. The first kappa shape index (κ1) is 20.1. The van der Waals surface area contributed by atoms with E-state index in [1.165, 1.54) is 14.0 Å². The number of methoxy groups -OCH3 is 1. The standard InChI is InChI=1S/C15H23N3O5S/c1-12(19)16-13-6-4-7-14(10-13)17-15(20)11-18(24(3,21)22)8-5-9-23-2/h4,6-7,10H,5,8-9,11H2,1-3H3,(H,16,19)(H,17,20). The van der Waals surface area contributed by atoms with Crippen molar-refractivity contribution >= 4 is 33.2 Å². The molecule has 0 radical (unpaired) electrons. The minimum Gasteiger partial charge on any atom is -0.385 e. The van der Waals surface area contributed by atoms with Gasteiger partial charge in [0.25, 0.3) is 0 Å². The van der Waals surface area contributed by atoms with Gasteiger partial charge in [-0.15, -0.1) is 0 Å². The van der Waals surface area contributed by atoms with E-state index in [1.807, 2.05) is 0 Å². The van der Waals surface area contributed by atoms with E-state index in [-0.39, 0.29) is 19.0 Å². The van der Waals surface area contributed by atoms with Crippen molar-refractivity contribution in [1.82, 2.24) is 4.31 Å². The van der Waals surface area contributed by atoms with Crippen LogP contribution in [0.3, 0.4) is 0 Å². The maximum Gasteiger partial charge on any atom is 0.239 e. The Morgan fingerprint density at radius 1 is 1.21 bits per heavy atom. The van der Waals surface area contributed by atoms with Crippen molar-refractivity contribution in [2.24, 2.45) is 0 Å². The average Bonchev–Trinajstić information content (AvgIpc) is 2.45. The Morgan fingerprint density at radius 2 is 1.83 bits per heavy atom. The van der Waals surface area contributed by atoms with Crippen LogP contribution in [-0.2, 0) is 24.3 Å². The van der Waals surface area contributed by atoms with Crippen LogP contribution in [0.5, 0.6) is 0 Å². The summed E-state index contributed by atoms with van der Waals surface area (Å²) in [4.78, 5) is 23.1. The molecule has 0 aliphatic rings. The topological polar surface area (TPSA) is 105 Å². The SMILES string of the molecule is COCCCN(CC(=O)Nc1cccc(NC(C)=O)c1)S(C)(=O)=O. The number of hydrogen-bond acceptors (Lipinski definition) is 5. The highest BCUT2D eigenvalue weighted by Gasteiger charge is 2.19. The minimum absolute atomic E-state index is 0.200. The fourth-order valence-electron chi connectivity index (χ4n) is 1.99. The molecule has 0 saturated heterocycles. The zero-order chi connectivity index (χ0) is 18.2. The highest BCUT2D eigenvalue weighted by atomic mass is 32.2.